The molecule has 0 unspecified atom stereocenters. The first-order valence-electron chi connectivity index (χ1n) is 8.44. The summed E-state index contributed by atoms with van der Waals surface area (Å²) >= 11 is 7.29. The van der Waals surface area contributed by atoms with Gasteiger partial charge in [0.15, 0.2) is 5.16 Å². The number of rotatable bonds is 6. The Bertz CT molecular complexity index is 946. The number of carbonyl (C=O) groups is 1. The number of thioether (sulfide) groups is 1. The van der Waals surface area contributed by atoms with Crippen LogP contribution in [0.1, 0.15) is 23.9 Å². The van der Waals surface area contributed by atoms with Gasteiger partial charge in [-0.3, -0.25) is 4.79 Å². The second kappa shape index (κ2) is 8.59. The van der Waals surface area contributed by atoms with E-state index < -0.39 is 11.1 Å². The summed E-state index contributed by atoms with van der Waals surface area (Å²) in [5.41, 5.74) is 3.50. The number of benzene rings is 2. The summed E-state index contributed by atoms with van der Waals surface area (Å²) in [6.07, 6.45) is 0.732. The quantitative estimate of drug-likeness (QED) is 0.554. The predicted octanol–water partition coefficient (Wildman–Crippen LogP) is 5.22. The van der Waals surface area contributed by atoms with E-state index in [1.54, 1.807) is 6.92 Å². The minimum atomic E-state index is -0.447. The van der Waals surface area contributed by atoms with E-state index in [9.17, 15) is 9.18 Å². The lowest BCUT2D eigenvalue weighted by Crippen LogP contribution is -2.22. The second-order valence-electron chi connectivity index (χ2n) is 6.15. The van der Waals surface area contributed by atoms with Crippen LogP contribution in [0.15, 0.2) is 53.7 Å². The van der Waals surface area contributed by atoms with Crippen molar-refractivity contribution in [1.29, 1.82) is 0 Å². The van der Waals surface area contributed by atoms with Gasteiger partial charge in [0.05, 0.1) is 21.7 Å². The summed E-state index contributed by atoms with van der Waals surface area (Å²) in [7, 11) is 0. The standard InChI is InChI=1S/C20H19ClFN3OS/c1-12-18(10-14-6-4-3-5-7-14)25-20(23-12)27-13(2)19(26)24-17-9-8-15(22)11-16(17)21/h3-9,11,13H,10H2,1-2H3,(H,23,25)(H,24,26)/t13-/m1/s1. The molecule has 1 atom stereocenters. The number of hydrogen-bond donors (Lipinski definition) is 2. The molecule has 0 saturated heterocycles. The SMILES string of the molecule is Cc1[nH]c(S[C@H](C)C(=O)Nc2ccc(F)cc2Cl)nc1Cc1ccccc1. The van der Waals surface area contributed by atoms with Gasteiger partial charge in [0.25, 0.3) is 0 Å². The van der Waals surface area contributed by atoms with E-state index in [1.807, 2.05) is 25.1 Å². The fourth-order valence-corrected chi connectivity index (χ4v) is 3.62. The molecule has 3 aromatic rings. The molecule has 0 bridgehead atoms. The van der Waals surface area contributed by atoms with Gasteiger partial charge in [-0.25, -0.2) is 9.37 Å². The molecule has 0 aliphatic heterocycles. The monoisotopic (exact) mass is 403 g/mol. The topological polar surface area (TPSA) is 57.8 Å². The van der Waals surface area contributed by atoms with Gasteiger partial charge in [-0.2, -0.15) is 0 Å². The lowest BCUT2D eigenvalue weighted by Gasteiger charge is -2.11. The van der Waals surface area contributed by atoms with Gasteiger partial charge in [0.1, 0.15) is 5.82 Å². The van der Waals surface area contributed by atoms with Gasteiger partial charge in [-0.05, 0) is 37.6 Å². The van der Waals surface area contributed by atoms with Crippen LogP contribution in [0, 0.1) is 12.7 Å². The normalized spacial score (nSPS) is 12.0. The van der Waals surface area contributed by atoms with Gasteiger partial charge in [0.2, 0.25) is 5.91 Å². The van der Waals surface area contributed by atoms with Crippen LogP contribution in [-0.4, -0.2) is 21.1 Å². The number of nitrogens with one attached hydrogen (secondary N) is 2. The van der Waals surface area contributed by atoms with E-state index in [2.05, 4.69) is 27.4 Å². The Labute approximate surface area is 166 Å². The van der Waals surface area contributed by atoms with Crippen molar-refractivity contribution in [2.45, 2.75) is 30.7 Å². The number of hydrogen-bond acceptors (Lipinski definition) is 3. The van der Waals surface area contributed by atoms with E-state index in [-0.39, 0.29) is 10.9 Å². The van der Waals surface area contributed by atoms with Crippen LogP contribution in [0.2, 0.25) is 5.02 Å². The van der Waals surface area contributed by atoms with E-state index in [1.165, 1.54) is 35.5 Å². The third-order valence-electron chi connectivity index (χ3n) is 4.02. The maximum atomic E-state index is 13.1. The van der Waals surface area contributed by atoms with Gasteiger partial charge >= 0.3 is 0 Å². The van der Waals surface area contributed by atoms with E-state index in [4.69, 9.17) is 11.6 Å². The molecule has 0 radical (unpaired) electrons. The number of aromatic nitrogens is 2. The van der Waals surface area contributed by atoms with Crippen LogP contribution in [0.25, 0.3) is 0 Å². The highest BCUT2D eigenvalue weighted by molar-refractivity contribution is 8.00. The van der Waals surface area contributed by atoms with Crippen molar-refractivity contribution in [3.05, 3.63) is 76.3 Å². The van der Waals surface area contributed by atoms with Gasteiger partial charge in [-0.1, -0.05) is 53.7 Å². The maximum Gasteiger partial charge on any atom is 0.237 e. The van der Waals surface area contributed by atoms with Crippen LogP contribution in [0.5, 0.6) is 0 Å². The minimum absolute atomic E-state index is 0.166. The second-order valence-corrected chi connectivity index (χ2v) is 7.89. The fourth-order valence-electron chi connectivity index (χ4n) is 2.53. The molecule has 2 aromatic carbocycles. The van der Waals surface area contributed by atoms with Crippen LogP contribution < -0.4 is 5.32 Å². The summed E-state index contributed by atoms with van der Waals surface area (Å²) in [5, 5.41) is 3.17. The number of nitrogens with zero attached hydrogens (tertiary/aromatic N) is 1. The fraction of sp³-hybridized carbons (Fsp3) is 0.200. The number of halogens is 2. The first-order chi connectivity index (χ1) is 12.9. The maximum absolute atomic E-state index is 13.1. The van der Waals surface area contributed by atoms with Gasteiger partial charge < -0.3 is 10.3 Å². The molecule has 4 nitrogen and oxygen atoms in total. The number of aryl methyl sites for hydroxylation is 1. The highest BCUT2D eigenvalue weighted by atomic mass is 35.5. The molecule has 1 heterocycles. The molecule has 27 heavy (non-hydrogen) atoms. The Morgan fingerprint density at radius 1 is 1.30 bits per heavy atom. The molecule has 7 heteroatoms. The Kier molecular flexibility index (Phi) is 6.19. The van der Waals surface area contributed by atoms with Crippen molar-refractivity contribution < 1.29 is 9.18 Å². The first kappa shape index (κ1) is 19.5. The zero-order valence-electron chi connectivity index (χ0n) is 14.9. The highest BCUT2D eigenvalue weighted by Gasteiger charge is 2.18. The zero-order valence-corrected chi connectivity index (χ0v) is 16.5. The van der Waals surface area contributed by atoms with Gasteiger partial charge in [-0.15, -0.1) is 0 Å². The molecule has 2 N–H and O–H groups in total. The molecule has 0 aliphatic carbocycles. The van der Waals surface area contributed by atoms with Crippen molar-refractivity contribution in [1.82, 2.24) is 9.97 Å². The summed E-state index contributed by atoms with van der Waals surface area (Å²) < 4.78 is 13.1. The predicted molar refractivity (Wildman–Crippen MR) is 108 cm³/mol. The third-order valence-corrected chi connectivity index (χ3v) is 5.32. The molecule has 0 aliphatic rings. The summed E-state index contributed by atoms with van der Waals surface area (Å²) in [6, 6.07) is 14.0. The molecular weight excluding hydrogens is 385 g/mol. The van der Waals surface area contributed by atoms with Crippen molar-refractivity contribution in [2.75, 3.05) is 5.32 Å². The average Bonchev–Trinajstić information content (AvgIpc) is 2.97. The molecule has 140 valence electrons. The van der Waals surface area contributed by atoms with Crippen LogP contribution >= 0.6 is 23.4 Å². The van der Waals surface area contributed by atoms with Crippen molar-refractivity contribution >= 4 is 35.0 Å². The minimum Gasteiger partial charge on any atom is -0.337 e. The van der Waals surface area contributed by atoms with Crippen molar-refractivity contribution in [3.63, 3.8) is 0 Å². The first-order valence-corrected chi connectivity index (χ1v) is 9.70. The smallest absolute Gasteiger partial charge is 0.237 e. The van der Waals surface area contributed by atoms with Crippen molar-refractivity contribution in [3.8, 4) is 0 Å². The Morgan fingerprint density at radius 3 is 2.74 bits per heavy atom. The molecule has 1 amide bonds. The van der Waals surface area contributed by atoms with Gasteiger partial charge in [0, 0.05) is 12.1 Å². The molecule has 3 rings (SSSR count). The van der Waals surface area contributed by atoms with Crippen molar-refractivity contribution in [2.24, 2.45) is 0 Å². The molecule has 0 spiro atoms. The lowest BCUT2D eigenvalue weighted by molar-refractivity contribution is -0.115. The van der Waals surface area contributed by atoms with E-state index in [0.717, 1.165) is 17.8 Å². The van der Waals surface area contributed by atoms with Crippen LogP contribution in [-0.2, 0) is 11.2 Å². The molecule has 0 saturated carbocycles. The highest BCUT2D eigenvalue weighted by Crippen LogP contribution is 2.26. The Balaban J connectivity index is 1.64. The third kappa shape index (κ3) is 5.11. The van der Waals surface area contributed by atoms with Crippen LogP contribution in [0.4, 0.5) is 10.1 Å². The summed E-state index contributed by atoms with van der Waals surface area (Å²) in [5.74, 6) is -0.676. The number of anilines is 1. The Morgan fingerprint density at radius 2 is 2.04 bits per heavy atom. The summed E-state index contributed by atoms with van der Waals surface area (Å²) in [6.45, 7) is 3.75. The summed E-state index contributed by atoms with van der Waals surface area (Å²) in [4.78, 5) is 20.3. The van der Waals surface area contributed by atoms with Crippen LogP contribution in [0.3, 0.4) is 0 Å². The zero-order chi connectivity index (χ0) is 19.4. The molecule has 0 fully saturated rings. The Hall–Kier alpha value is -2.31. The largest absolute Gasteiger partial charge is 0.337 e. The number of H-pyrrole nitrogens is 1. The van der Waals surface area contributed by atoms with E-state index in [0.29, 0.717) is 10.8 Å². The number of amides is 1. The average molecular weight is 404 g/mol. The number of carbonyl (C=O) groups excluding carboxylic acids is 1. The lowest BCUT2D eigenvalue weighted by atomic mass is 10.1. The molecule has 1 aromatic heterocycles. The number of imidazole rings is 1. The van der Waals surface area contributed by atoms with E-state index >= 15 is 0 Å². The molecular formula is C20H19ClFN3OS. The number of aromatic amines is 1.